The molecule has 21 heavy (non-hydrogen) atoms. The lowest BCUT2D eigenvalue weighted by atomic mass is 10.1. The van der Waals surface area contributed by atoms with Crippen LogP contribution in [0.25, 0.3) is 0 Å². The molecule has 0 saturated carbocycles. The average molecular weight is 307 g/mol. The van der Waals surface area contributed by atoms with Gasteiger partial charge in [0.2, 0.25) is 0 Å². The number of aromatic nitrogens is 2. The number of rotatable bonds is 4. The third kappa shape index (κ3) is 2.79. The third-order valence-corrected chi connectivity index (χ3v) is 4.41. The van der Waals surface area contributed by atoms with E-state index in [9.17, 15) is 4.79 Å². The molecular weight excluding hydrogens is 290 g/mol. The molecule has 1 aliphatic rings. The summed E-state index contributed by atoms with van der Waals surface area (Å²) >= 11 is 1.37. The van der Waals surface area contributed by atoms with Crippen molar-refractivity contribution in [2.45, 2.75) is 18.6 Å². The van der Waals surface area contributed by atoms with Gasteiger partial charge in [0.15, 0.2) is 0 Å². The van der Waals surface area contributed by atoms with Gasteiger partial charge in [-0.1, -0.05) is 0 Å². The Kier molecular flexibility index (Phi) is 3.94. The molecule has 0 bridgehead atoms. The topological polar surface area (TPSA) is 65.4 Å². The Bertz CT molecular complexity index is 637. The monoisotopic (exact) mass is 307 g/mol. The Morgan fingerprint density at radius 1 is 1.62 bits per heavy atom. The van der Waals surface area contributed by atoms with Crippen LogP contribution in [0.5, 0.6) is 5.75 Å². The molecule has 2 atom stereocenters. The van der Waals surface area contributed by atoms with E-state index in [1.807, 2.05) is 18.6 Å². The van der Waals surface area contributed by atoms with E-state index in [2.05, 4.69) is 10.4 Å². The first-order valence-electron chi connectivity index (χ1n) is 6.71. The maximum atomic E-state index is 12.4. The zero-order valence-corrected chi connectivity index (χ0v) is 12.7. The second kappa shape index (κ2) is 5.87. The Labute approximate surface area is 126 Å². The molecule has 0 aromatic carbocycles. The Morgan fingerprint density at radius 3 is 3.19 bits per heavy atom. The summed E-state index contributed by atoms with van der Waals surface area (Å²) in [7, 11) is 3.43. The van der Waals surface area contributed by atoms with Crippen LogP contribution in [0.3, 0.4) is 0 Å². The molecule has 1 fully saturated rings. The molecule has 0 unspecified atom stereocenters. The molecule has 1 aliphatic heterocycles. The van der Waals surface area contributed by atoms with Crippen LogP contribution in [0.4, 0.5) is 0 Å². The van der Waals surface area contributed by atoms with Crippen molar-refractivity contribution in [3.05, 3.63) is 34.3 Å². The van der Waals surface area contributed by atoms with Crippen molar-refractivity contribution in [2.24, 2.45) is 7.05 Å². The highest BCUT2D eigenvalue weighted by atomic mass is 32.1. The number of nitrogens with one attached hydrogen (secondary N) is 1. The van der Waals surface area contributed by atoms with Crippen LogP contribution in [0.15, 0.2) is 23.8 Å². The van der Waals surface area contributed by atoms with Crippen molar-refractivity contribution in [2.75, 3.05) is 13.7 Å². The number of methoxy groups -OCH3 is 1. The van der Waals surface area contributed by atoms with Crippen molar-refractivity contribution in [1.82, 2.24) is 15.1 Å². The van der Waals surface area contributed by atoms with Gasteiger partial charge in [0.1, 0.15) is 16.7 Å². The van der Waals surface area contributed by atoms with E-state index in [-0.39, 0.29) is 18.1 Å². The zero-order valence-electron chi connectivity index (χ0n) is 11.9. The van der Waals surface area contributed by atoms with E-state index >= 15 is 0 Å². The number of aryl methyl sites for hydroxylation is 1. The normalized spacial score (nSPS) is 21.4. The first-order valence-corrected chi connectivity index (χ1v) is 7.59. The average Bonchev–Trinajstić information content (AvgIpc) is 3.17. The van der Waals surface area contributed by atoms with Gasteiger partial charge in [0.25, 0.3) is 5.91 Å². The predicted molar refractivity (Wildman–Crippen MR) is 78.6 cm³/mol. The fourth-order valence-corrected chi connectivity index (χ4v) is 3.27. The Hall–Kier alpha value is -1.86. The second-order valence-corrected chi connectivity index (χ2v) is 5.84. The first kappa shape index (κ1) is 14.1. The van der Waals surface area contributed by atoms with Crippen LogP contribution < -0.4 is 10.1 Å². The lowest BCUT2D eigenvalue weighted by molar-refractivity contribution is 0.0822. The van der Waals surface area contributed by atoms with Gasteiger partial charge in [-0.3, -0.25) is 9.48 Å². The molecule has 1 saturated heterocycles. The fourth-order valence-electron chi connectivity index (χ4n) is 2.51. The number of amides is 1. The maximum absolute atomic E-state index is 12.4. The van der Waals surface area contributed by atoms with E-state index in [1.54, 1.807) is 24.1 Å². The smallest absolute Gasteiger partial charge is 0.265 e. The van der Waals surface area contributed by atoms with Crippen LogP contribution in [0.2, 0.25) is 0 Å². The Balaban J connectivity index is 1.73. The third-order valence-electron chi connectivity index (χ3n) is 3.52. The van der Waals surface area contributed by atoms with Crippen molar-refractivity contribution < 1.29 is 14.3 Å². The highest BCUT2D eigenvalue weighted by molar-refractivity contribution is 7.12. The van der Waals surface area contributed by atoms with Crippen molar-refractivity contribution in [3.63, 3.8) is 0 Å². The minimum absolute atomic E-state index is 0.0477. The summed E-state index contributed by atoms with van der Waals surface area (Å²) in [5.74, 6) is 0.487. The van der Waals surface area contributed by atoms with Crippen LogP contribution >= 0.6 is 11.3 Å². The summed E-state index contributed by atoms with van der Waals surface area (Å²) < 4.78 is 12.7. The maximum Gasteiger partial charge on any atom is 0.265 e. The summed E-state index contributed by atoms with van der Waals surface area (Å²) in [6.07, 6.45) is 4.34. The number of ether oxygens (including phenoxy) is 2. The highest BCUT2D eigenvalue weighted by Gasteiger charge is 2.32. The largest absolute Gasteiger partial charge is 0.495 e. The van der Waals surface area contributed by atoms with Crippen molar-refractivity contribution in [1.29, 1.82) is 0 Å². The predicted octanol–water partition coefficient (Wildman–Crippen LogP) is 1.75. The molecule has 112 valence electrons. The molecule has 2 aromatic rings. The zero-order chi connectivity index (χ0) is 14.8. The number of hydrogen-bond acceptors (Lipinski definition) is 5. The minimum atomic E-state index is -0.145. The van der Waals surface area contributed by atoms with Crippen LogP contribution in [-0.2, 0) is 11.8 Å². The van der Waals surface area contributed by atoms with E-state index in [1.165, 1.54) is 11.3 Å². The SMILES string of the molecule is COc1ccsc1C(=O)N[C@H]1CCO[C@@H]1c1cnn(C)c1. The number of hydrogen-bond donors (Lipinski definition) is 1. The fraction of sp³-hybridized carbons (Fsp3) is 0.429. The summed E-state index contributed by atoms with van der Waals surface area (Å²) in [4.78, 5) is 13.0. The first-order chi connectivity index (χ1) is 10.2. The van der Waals surface area contributed by atoms with Crippen LogP contribution in [-0.4, -0.2) is 35.4 Å². The Morgan fingerprint density at radius 2 is 2.48 bits per heavy atom. The molecule has 0 radical (unpaired) electrons. The summed E-state index contributed by atoms with van der Waals surface area (Å²) in [5, 5.41) is 9.05. The van der Waals surface area contributed by atoms with Gasteiger partial charge in [-0.15, -0.1) is 11.3 Å². The molecule has 1 amide bonds. The summed E-state index contributed by atoms with van der Waals surface area (Å²) in [6, 6.07) is 1.75. The van der Waals surface area contributed by atoms with Gasteiger partial charge < -0.3 is 14.8 Å². The molecular formula is C14H17N3O3S. The second-order valence-electron chi connectivity index (χ2n) is 4.93. The van der Waals surface area contributed by atoms with Gasteiger partial charge in [0, 0.05) is 25.4 Å². The van der Waals surface area contributed by atoms with Gasteiger partial charge in [-0.25, -0.2) is 0 Å². The quantitative estimate of drug-likeness (QED) is 0.934. The number of thiophene rings is 1. The summed E-state index contributed by atoms with van der Waals surface area (Å²) in [5.41, 5.74) is 0.985. The number of nitrogens with zero attached hydrogens (tertiary/aromatic N) is 2. The van der Waals surface area contributed by atoms with Gasteiger partial charge in [-0.05, 0) is 17.9 Å². The molecule has 6 nitrogen and oxygen atoms in total. The lowest BCUT2D eigenvalue weighted by Crippen LogP contribution is -2.36. The van der Waals surface area contributed by atoms with Gasteiger partial charge >= 0.3 is 0 Å². The van der Waals surface area contributed by atoms with Gasteiger partial charge in [0.05, 0.1) is 19.3 Å². The minimum Gasteiger partial charge on any atom is -0.495 e. The standard InChI is InChI=1S/C14H17N3O3S/c1-17-8-9(7-15-17)12-10(3-5-20-12)16-14(18)13-11(19-2)4-6-21-13/h4,6-8,10,12H,3,5H2,1-2H3,(H,16,18)/t10-,12+/m0/s1. The molecule has 0 aliphatic carbocycles. The van der Waals surface area contributed by atoms with E-state index in [0.29, 0.717) is 17.2 Å². The van der Waals surface area contributed by atoms with Crippen molar-refractivity contribution in [3.8, 4) is 5.75 Å². The molecule has 1 N–H and O–H groups in total. The number of carbonyl (C=O) groups is 1. The van der Waals surface area contributed by atoms with E-state index < -0.39 is 0 Å². The molecule has 7 heteroatoms. The highest BCUT2D eigenvalue weighted by Crippen LogP contribution is 2.30. The lowest BCUT2D eigenvalue weighted by Gasteiger charge is -2.18. The summed E-state index contributed by atoms with van der Waals surface area (Å²) in [6.45, 7) is 0.631. The molecule has 3 rings (SSSR count). The van der Waals surface area contributed by atoms with E-state index in [0.717, 1.165) is 12.0 Å². The molecule has 2 aromatic heterocycles. The van der Waals surface area contributed by atoms with E-state index in [4.69, 9.17) is 9.47 Å². The molecule has 3 heterocycles. The number of carbonyl (C=O) groups excluding carboxylic acids is 1. The van der Waals surface area contributed by atoms with Crippen LogP contribution in [0.1, 0.15) is 27.8 Å². The van der Waals surface area contributed by atoms with Crippen molar-refractivity contribution >= 4 is 17.2 Å². The van der Waals surface area contributed by atoms with Gasteiger partial charge in [-0.2, -0.15) is 5.10 Å². The van der Waals surface area contributed by atoms with Crippen LogP contribution in [0, 0.1) is 0 Å². The molecule has 0 spiro atoms.